The number of hydrogen-bond donors (Lipinski definition) is 0. The van der Waals surface area contributed by atoms with Gasteiger partial charge < -0.3 is 4.74 Å². The molecule has 1 heterocycles. The van der Waals surface area contributed by atoms with Gasteiger partial charge in [0.1, 0.15) is 5.69 Å². The number of rotatable bonds is 7. The molecule has 0 saturated heterocycles. The first-order valence-corrected chi connectivity index (χ1v) is 7.08. The van der Waals surface area contributed by atoms with Crippen molar-refractivity contribution < 1.29 is 4.74 Å². The lowest BCUT2D eigenvalue weighted by Gasteiger charge is -2.08. The first-order valence-electron chi connectivity index (χ1n) is 6.00. The van der Waals surface area contributed by atoms with Crippen LogP contribution in [-0.2, 0) is 17.9 Å². The molecule has 0 amide bonds. The van der Waals surface area contributed by atoms with Crippen molar-refractivity contribution in [2.45, 2.75) is 59.3 Å². The van der Waals surface area contributed by atoms with E-state index in [0.717, 1.165) is 18.7 Å². The molecule has 0 saturated carbocycles. The van der Waals surface area contributed by atoms with E-state index in [1.807, 2.05) is 4.68 Å². The molecular formula is C12H21IN2O. The summed E-state index contributed by atoms with van der Waals surface area (Å²) in [5, 5.41) is 4.54. The molecule has 0 bridgehead atoms. The van der Waals surface area contributed by atoms with Gasteiger partial charge in [-0.25, -0.2) is 0 Å². The summed E-state index contributed by atoms with van der Waals surface area (Å²) in [7, 11) is 0. The molecule has 1 rings (SSSR count). The van der Waals surface area contributed by atoms with Crippen LogP contribution in [0.2, 0.25) is 0 Å². The molecule has 16 heavy (non-hydrogen) atoms. The molecule has 0 fully saturated rings. The maximum atomic E-state index is 5.70. The molecule has 1 aromatic rings. The van der Waals surface area contributed by atoms with E-state index in [4.69, 9.17) is 4.74 Å². The molecule has 0 N–H and O–H groups in total. The third-order valence-corrected chi connectivity index (χ3v) is 3.51. The van der Waals surface area contributed by atoms with Crippen molar-refractivity contribution in [3.8, 4) is 0 Å². The number of unbranched alkanes of at least 4 members (excludes halogenated alkanes) is 1. The van der Waals surface area contributed by atoms with Crippen molar-refractivity contribution in [1.82, 2.24) is 9.78 Å². The van der Waals surface area contributed by atoms with Crippen LogP contribution in [-0.4, -0.2) is 15.9 Å². The van der Waals surface area contributed by atoms with Gasteiger partial charge in [-0.3, -0.25) is 4.68 Å². The lowest BCUT2D eigenvalue weighted by atomic mass is 10.3. The number of halogens is 1. The van der Waals surface area contributed by atoms with Crippen LogP contribution in [0.3, 0.4) is 0 Å². The molecule has 0 radical (unpaired) electrons. The van der Waals surface area contributed by atoms with Gasteiger partial charge in [0.05, 0.1) is 16.3 Å². The lowest BCUT2D eigenvalue weighted by molar-refractivity contribution is 0.0482. The van der Waals surface area contributed by atoms with Crippen molar-refractivity contribution in [1.29, 1.82) is 0 Å². The van der Waals surface area contributed by atoms with Gasteiger partial charge in [0, 0.05) is 12.7 Å². The van der Waals surface area contributed by atoms with E-state index >= 15 is 0 Å². The molecule has 1 unspecified atom stereocenters. The van der Waals surface area contributed by atoms with E-state index < -0.39 is 0 Å². The summed E-state index contributed by atoms with van der Waals surface area (Å²) in [5.41, 5.74) is 1.07. The van der Waals surface area contributed by atoms with E-state index in [1.165, 1.54) is 16.4 Å². The predicted molar refractivity (Wildman–Crippen MR) is 74.4 cm³/mol. The summed E-state index contributed by atoms with van der Waals surface area (Å²) < 4.78 is 8.93. The number of nitrogens with zero attached hydrogens (tertiary/aromatic N) is 2. The minimum Gasteiger partial charge on any atom is -0.372 e. The Morgan fingerprint density at radius 1 is 1.50 bits per heavy atom. The predicted octanol–water partition coefficient (Wildman–Crippen LogP) is 3.60. The highest BCUT2D eigenvalue weighted by atomic mass is 127. The summed E-state index contributed by atoms with van der Waals surface area (Å²) >= 11 is 2.33. The molecular weight excluding hydrogens is 315 g/mol. The topological polar surface area (TPSA) is 27.1 Å². The Kier molecular flexibility index (Phi) is 6.34. The summed E-state index contributed by atoms with van der Waals surface area (Å²) in [6, 6.07) is 0. The monoisotopic (exact) mass is 336 g/mol. The fraction of sp³-hybridized carbons (Fsp3) is 0.750. The quantitative estimate of drug-likeness (QED) is 0.712. The molecule has 0 spiro atoms. The minimum absolute atomic E-state index is 0.316. The van der Waals surface area contributed by atoms with Gasteiger partial charge in [-0.2, -0.15) is 5.10 Å². The number of hydrogen-bond acceptors (Lipinski definition) is 2. The van der Waals surface area contributed by atoms with Crippen LogP contribution < -0.4 is 0 Å². The summed E-state index contributed by atoms with van der Waals surface area (Å²) in [5.74, 6) is 0. The summed E-state index contributed by atoms with van der Waals surface area (Å²) in [6.45, 7) is 8.07. The Morgan fingerprint density at radius 2 is 2.25 bits per heavy atom. The molecule has 4 heteroatoms. The van der Waals surface area contributed by atoms with Gasteiger partial charge in [0.25, 0.3) is 0 Å². The van der Waals surface area contributed by atoms with E-state index in [2.05, 4.69) is 54.7 Å². The number of aryl methyl sites for hydroxylation is 1. The van der Waals surface area contributed by atoms with Crippen LogP contribution >= 0.6 is 22.6 Å². The Bertz CT molecular complexity index is 312. The van der Waals surface area contributed by atoms with Crippen LogP contribution in [0.4, 0.5) is 0 Å². The standard InChI is InChI=1S/C12H21IN2O/c1-4-6-7-15-8-11(13)12(14-15)9-16-10(3)5-2/h8,10H,4-7,9H2,1-3H3. The van der Waals surface area contributed by atoms with E-state index in [-0.39, 0.29) is 0 Å². The Balaban J connectivity index is 2.49. The van der Waals surface area contributed by atoms with Crippen molar-refractivity contribution in [3.05, 3.63) is 15.5 Å². The molecule has 0 aliphatic carbocycles. The Labute approximate surface area is 112 Å². The van der Waals surface area contributed by atoms with E-state index in [1.54, 1.807) is 0 Å². The van der Waals surface area contributed by atoms with Crippen LogP contribution in [0.25, 0.3) is 0 Å². The smallest absolute Gasteiger partial charge is 0.101 e. The second kappa shape index (κ2) is 7.27. The summed E-state index contributed by atoms with van der Waals surface area (Å²) in [4.78, 5) is 0. The summed E-state index contributed by atoms with van der Waals surface area (Å²) in [6.07, 6.45) is 5.86. The van der Waals surface area contributed by atoms with Crippen molar-refractivity contribution in [3.63, 3.8) is 0 Å². The molecule has 92 valence electrons. The van der Waals surface area contributed by atoms with Crippen molar-refractivity contribution >= 4 is 22.6 Å². The van der Waals surface area contributed by atoms with Gasteiger partial charge in [0.2, 0.25) is 0 Å². The molecule has 0 aromatic carbocycles. The molecule has 0 aliphatic rings. The zero-order valence-corrected chi connectivity index (χ0v) is 12.5. The number of aromatic nitrogens is 2. The normalized spacial score (nSPS) is 13.0. The second-order valence-corrected chi connectivity index (χ2v) is 5.23. The van der Waals surface area contributed by atoms with Crippen molar-refractivity contribution in [2.75, 3.05) is 0 Å². The van der Waals surface area contributed by atoms with E-state index in [9.17, 15) is 0 Å². The van der Waals surface area contributed by atoms with Gasteiger partial charge in [-0.05, 0) is 42.4 Å². The largest absolute Gasteiger partial charge is 0.372 e. The maximum Gasteiger partial charge on any atom is 0.101 e. The highest BCUT2D eigenvalue weighted by Gasteiger charge is 2.08. The Morgan fingerprint density at radius 3 is 2.88 bits per heavy atom. The SMILES string of the molecule is CCCCn1cc(I)c(COC(C)CC)n1. The second-order valence-electron chi connectivity index (χ2n) is 4.07. The fourth-order valence-electron chi connectivity index (χ4n) is 1.31. The van der Waals surface area contributed by atoms with Gasteiger partial charge in [-0.15, -0.1) is 0 Å². The molecule has 1 aromatic heterocycles. The third-order valence-electron chi connectivity index (χ3n) is 2.61. The minimum atomic E-state index is 0.316. The first-order chi connectivity index (χ1) is 7.67. The molecule has 3 nitrogen and oxygen atoms in total. The Hall–Kier alpha value is -0.100. The van der Waals surface area contributed by atoms with Crippen LogP contribution in [0.15, 0.2) is 6.20 Å². The average molecular weight is 336 g/mol. The highest BCUT2D eigenvalue weighted by molar-refractivity contribution is 14.1. The highest BCUT2D eigenvalue weighted by Crippen LogP contribution is 2.13. The molecule has 0 aliphatic heterocycles. The lowest BCUT2D eigenvalue weighted by Crippen LogP contribution is -2.07. The van der Waals surface area contributed by atoms with Crippen LogP contribution in [0.1, 0.15) is 45.7 Å². The zero-order chi connectivity index (χ0) is 12.0. The van der Waals surface area contributed by atoms with Crippen LogP contribution in [0.5, 0.6) is 0 Å². The average Bonchev–Trinajstić information content (AvgIpc) is 2.64. The van der Waals surface area contributed by atoms with Gasteiger partial charge >= 0.3 is 0 Å². The third kappa shape index (κ3) is 4.41. The number of ether oxygens (including phenoxy) is 1. The first kappa shape index (κ1) is 14.0. The van der Waals surface area contributed by atoms with Gasteiger partial charge in [0.15, 0.2) is 0 Å². The maximum absolute atomic E-state index is 5.70. The fourth-order valence-corrected chi connectivity index (χ4v) is 1.89. The van der Waals surface area contributed by atoms with Crippen molar-refractivity contribution in [2.24, 2.45) is 0 Å². The van der Waals surface area contributed by atoms with Gasteiger partial charge in [-0.1, -0.05) is 20.3 Å². The molecule has 1 atom stereocenters. The van der Waals surface area contributed by atoms with E-state index in [0.29, 0.717) is 12.7 Å². The zero-order valence-electron chi connectivity index (χ0n) is 10.4. The van der Waals surface area contributed by atoms with Crippen LogP contribution in [0, 0.1) is 3.57 Å².